The zero-order valence-electron chi connectivity index (χ0n) is 15.9. The fourth-order valence-electron chi connectivity index (χ4n) is 3.31. The number of anilines is 1. The first kappa shape index (κ1) is 18.8. The topological polar surface area (TPSA) is 49.3 Å². The van der Waals surface area contributed by atoms with Crippen molar-refractivity contribution in [1.82, 2.24) is 14.3 Å². The van der Waals surface area contributed by atoms with Gasteiger partial charge in [-0.05, 0) is 25.8 Å². The van der Waals surface area contributed by atoms with Crippen LogP contribution >= 0.6 is 11.5 Å². The molecule has 0 radical (unpaired) electrons. The van der Waals surface area contributed by atoms with E-state index in [1.165, 1.54) is 22.7 Å². The lowest BCUT2D eigenvalue weighted by Crippen LogP contribution is -2.54. The number of benzene rings is 1. The SMILES string of the molecule is CCCCC(=O)N1CCN(c2nc(Cc3ccc(C)cc3)ns2)CC1C. The zero-order chi connectivity index (χ0) is 18.5. The van der Waals surface area contributed by atoms with Gasteiger partial charge in [0, 0.05) is 50.1 Å². The maximum absolute atomic E-state index is 12.3. The third kappa shape index (κ3) is 4.61. The predicted octanol–water partition coefficient (Wildman–Crippen LogP) is 3.66. The van der Waals surface area contributed by atoms with Gasteiger partial charge in [-0.25, -0.2) is 4.98 Å². The first-order valence-corrected chi connectivity index (χ1v) is 10.3. The quantitative estimate of drug-likeness (QED) is 0.776. The molecule has 6 heteroatoms. The number of hydrogen-bond donors (Lipinski definition) is 0. The highest BCUT2D eigenvalue weighted by Gasteiger charge is 2.28. The van der Waals surface area contributed by atoms with Gasteiger partial charge in [-0.1, -0.05) is 43.2 Å². The summed E-state index contributed by atoms with van der Waals surface area (Å²) in [6, 6.07) is 8.74. The van der Waals surface area contributed by atoms with Crippen LogP contribution in [0.5, 0.6) is 0 Å². The van der Waals surface area contributed by atoms with Crippen LogP contribution in [-0.2, 0) is 11.2 Å². The molecule has 1 aliphatic heterocycles. The fraction of sp³-hybridized carbons (Fsp3) is 0.550. The van der Waals surface area contributed by atoms with Crippen molar-refractivity contribution in [2.45, 2.75) is 52.5 Å². The summed E-state index contributed by atoms with van der Waals surface area (Å²) < 4.78 is 4.54. The lowest BCUT2D eigenvalue weighted by atomic mass is 10.1. The van der Waals surface area contributed by atoms with E-state index in [-0.39, 0.29) is 11.9 Å². The summed E-state index contributed by atoms with van der Waals surface area (Å²) in [6.07, 6.45) is 3.47. The number of hydrogen-bond acceptors (Lipinski definition) is 5. The molecule has 3 rings (SSSR count). The van der Waals surface area contributed by atoms with Gasteiger partial charge in [0.05, 0.1) is 0 Å². The molecule has 26 heavy (non-hydrogen) atoms. The van der Waals surface area contributed by atoms with E-state index in [0.717, 1.165) is 49.9 Å². The van der Waals surface area contributed by atoms with E-state index in [0.29, 0.717) is 6.42 Å². The normalized spacial score (nSPS) is 17.6. The second-order valence-electron chi connectivity index (χ2n) is 7.14. The molecular weight excluding hydrogens is 344 g/mol. The highest BCUT2D eigenvalue weighted by atomic mass is 32.1. The third-order valence-electron chi connectivity index (χ3n) is 4.90. The average molecular weight is 373 g/mol. The van der Waals surface area contributed by atoms with E-state index >= 15 is 0 Å². The van der Waals surface area contributed by atoms with Gasteiger partial charge in [-0.2, -0.15) is 4.37 Å². The standard InChI is InChI=1S/C20H28N4OS/c1-4-5-6-19(25)24-12-11-23(14-16(24)3)20-21-18(22-26-20)13-17-9-7-15(2)8-10-17/h7-10,16H,4-6,11-14H2,1-3H3. The average Bonchev–Trinajstić information content (AvgIpc) is 3.10. The Morgan fingerprint density at radius 2 is 2.04 bits per heavy atom. The lowest BCUT2D eigenvalue weighted by molar-refractivity contribution is -0.133. The van der Waals surface area contributed by atoms with Crippen molar-refractivity contribution in [3.63, 3.8) is 0 Å². The predicted molar refractivity (Wildman–Crippen MR) is 107 cm³/mol. The molecule has 0 bridgehead atoms. The molecular formula is C20H28N4OS. The number of nitrogens with zero attached hydrogens (tertiary/aromatic N) is 4. The molecule has 1 atom stereocenters. The Hall–Kier alpha value is -1.95. The zero-order valence-corrected chi connectivity index (χ0v) is 16.8. The van der Waals surface area contributed by atoms with Crippen molar-refractivity contribution in [3.8, 4) is 0 Å². The van der Waals surface area contributed by atoms with Crippen LogP contribution < -0.4 is 4.90 Å². The summed E-state index contributed by atoms with van der Waals surface area (Å²) in [6.45, 7) is 8.79. The van der Waals surface area contributed by atoms with Gasteiger partial charge >= 0.3 is 0 Å². The Morgan fingerprint density at radius 3 is 2.73 bits per heavy atom. The largest absolute Gasteiger partial charge is 0.343 e. The molecule has 2 aromatic rings. The van der Waals surface area contributed by atoms with Crippen LogP contribution in [0.2, 0.25) is 0 Å². The molecule has 1 aromatic carbocycles. The van der Waals surface area contributed by atoms with Gasteiger partial charge in [-0.15, -0.1) is 0 Å². The van der Waals surface area contributed by atoms with Gasteiger partial charge in [0.1, 0.15) is 5.82 Å². The molecule has 1 unspecified atom stereocenters. The Morgan fingerprint density at radius 1 is 1.27 bits per heavy atom. The second kappa shape index (κ2) is 8.62. The molecule has 1 aliphatic rings. The number of aromatic nitrogens is 2. The Bertz CT molecular complexity index is 728. The number of amides is 1. The van der Waals surface area contributed by atoms with E-state index < -0.39 is 0 Å². The van der Waals surface area contributed by atoms with E-state index in [1.54, 1.807) is 0 Å². The number of unbranched alkanes of at least 4 members (excludes halogenated alkanes) is 1. The minimum absolute atomic E-state index is 0.220. The van der Waals surface area contributed by atoms with Gasteiger partial charge in [0.15, 0.2) is 0 Å². The molecule has 5 nitrogen and oxygen atoms in total. The monoisotopic (exact) mass is 372 g/mol. The van der Waals surface area contributed by atoms with Gasteiger partial charge in [-0.3, -0.25) is 4.79 Å². The molecule has 1 aromatic heterocycles. The lowest BCUT2D eigenvalue weighted by Gasteiger charge is -2.39. The van der Waals surface area contributed by atoms with Crippen LogP contribution in [0, 0.1) is 6.92 Å². The maximum atomic E-state index is 12.3. The maximum Gasteiger partial charge on any atom is 0.222 e. The summed E-state index contributed by atoms with van der Waals surface area (Å²) in [5.41, 5.74) is 2.50. The van der Waals surface area contributed by atoms with Crippen LogP contribution in [0.25, 0.3) is 0 Å². The molecule has 1 amide bonds. The number of piperazine rings is 1. The van der Waals surface area contributed by atoms with Crippen molar-refractivity contribution in [1.29, 1.82) is 0 Å². The Labute approximate surface area is 160 Å². The van der Waals surface area contributed by atoms with Gasteiger partial charge < -0.3 is 9.80 Å². The molecule has 0 saturated carbocycles. The smallest absolute Gasteiger partial charge is 0.222 e. The molecule has 0 aliphatic carbocycles. The second-order valence-corrected chi connectivity index (χ2v) is 7.87. The summed E-state index contributed by atoms with van der Waals surface area (Å²) in [5, 5.41) is 0.972. The minimum Gasteiger partial charge on any atom is -0.343 e. The highest BCUT2D eigenvalue weighted by molar-refractivity contribution is 7.09. The van der Waals surface area contributed by atoms with Crippen molar-refractivity contribution in [2.24, 2.45) is 0 Å². The molecule has 0 N–H and O–H groups in total. The summed E-state index contributed by atoms with van der Waals surface area (Å²) >= 11 is 1.47. The van der Waals surface area contributed by atoms with Crippen molar-refractivity contribution >= 4 is 22.6 Å². The van der Waals surface area contributed by atoms with E-state index in [9.17, 15) is 4.79 Å². The Balaban J connectivity index is 1.58. The van der Waals surface area contributed by atoms with Crippen LogP contribution in [0.1, 0.15) is 50.1 Å². The van der Waals surface area contributed by atoms with Crippen LogP contribution in [-0.4, -0.2) is 45.8 Å². The molecule has 1 fully saturated rings. The number of rotatable bonds is 6. The van der Waals surface area contributed by atoms with Gasteiger partial charge in [0.2, 0.25) is 11.0 Å². The first-order valence-electron chi connectivity index (χ1n) is 9.49. The number of carbonyl (C=O) groups excluding carboxylic acids is 1. The van der Waals surface area contributed by atoms with Crippen molar-refractivity contribution in [3.05, 3.63) is 41.2 Å². The molecule has 1 saturated heterocycles. The summed E-state index contributed by atoms with van der Waals surface area (Å²) in [7, 11) is 0. The highest BCUT2D eigenvalue weighted by Crippen LogP contribution is 2.23. The Kier molecular flexibility index (Phi) is 6.25. The minimum atomic E-state index is 0.220. The van der Waals surface area contributed by atoms with Crippen LogP contribution in [0.15, 0.2) is 24.3 Å². The van der Waals surface area contributed by atoms with E-state index in [4.69, 9.17) is 4.98 Å². The van der Waals surface area contributed by atoms with E-state index in [1.807, 2.05) is 4.90 Å². The summed E-state index contributed by atoms with van der Waals surface area (Å²) in [4.78, 5) is 21.4. The molecule has 0 spiro atoms. The van der Waals surface area contributed by atoms with E-state index in [2.05, 4.69) is 54.3 Å². The van der Waals surface area contributed by atoms with Crippen molar-refractivity contribution < 1.29 is 4.79 Å². The fourth-order valence-corrected chi connectivity index (χ4v) is 4.03. The van der Waals surface area contributed by atoms with Crippen LogP contribution in [0.4, 0.5) is 5.13 Å². The summed E-state index contributed by atoms with van der Waals surface area (Å²) in [5.74, 6) is 1.17. The van der Waals surface area contributed by atoms with Crippen LogP contribution in [0.3, 0.4) is 0 Å². The van der Waals surface area contributed by atoms with Gasteiger partial charge in [0.25, 0.3) is 0 Å². The number of aryl methyl sites for hydroxylation is 1. The van der Waals surface area contributed by atoms with Crippen molar-refractivity contribution in [2.75, 3.05) is 24.5 Å². The first-order chi connectivity index (χ1) is 12.6. The third-order valence-corrected chi connectivity index (χ3v) is 5.72. The molecule has 140 valence electrons. The molecule has 2 heterocycles. The number of carbonyl (C=O) groups is 1.